The third-order valence-electron chi connectivity index (χ3n) is 4.05. The molecule has 0 unspecified atom stereocenters. The van der Waals surface area contributed by atoms with E-state index < -0.39 is 16.0 Å². The van der Waals surface area contributed by atoms with Crippen LogP contribution in [-0.2, 0) is 19.6 Å². The van der Waals surface area contributed by atoms with Crippen molar-refractivity contribution in [2.45, 2.75) is 19.8 Å². The molecule has 0 amide bonds. The molecule has 0 saturated carbocycles. The van der Waals surface area contributed by atoms with Crippen molar-refractivity contribution in [1.29, 1.82) is 5.26 Å². The van der Waals surface area contributed by atoms with E-state index in [1.807, 2.05) is 13.0 Å². The third-order valence-corrected chi connectivity index (χ3v) is 5.42. The van der Waals surface area contributed by atoms with Gasteiger partial charge in [0.05, 0.1) is 12.0 Å². The second-order valence-corrected chi connectivity index (χ2v) is 7.97. The van der Waals surface area contributed by atoms with E-state index in [2.05, 4.69) is 4.72 Å². The van der Waals surface area contributed by atoms with Crippen molar-refractivity contribution in [3.63, 3.8) is 0 Å². The Balaban J connectivity index is 1.91. The standard InChI is InChI=1S/C20H18N2O5S/c1-2-3-11-28(24,25)22-15-8-6-14(7-9-15)19-17(13-21)20(23)27-18(19)12-16-5-4-10-26-16/h4-10,12,22H,2-3,11H2,1H3/b18-12-. The molecule has 0 spiro atoms. The van der Waals surface area contributed by atoms with Crippen molar-refractivity contribution >= 4 is 33.3 Å². The summed E-state index contributed by atoms with van der Waals surface area (Å²) < 4.78 is 37.0. The number of benzene rings is 1. The number of hydrogen-bond acceptors (Lipinski definition) is 6. The maximum absolute atomic E-state index is 12.0. The van der Waals surface area contributed by atoms with Gasteiger partial charge in [0, 0.05) is 17.3 Å². The number of nitriles is 1. The molecule has 0 atom stereocenters. The molecule has 2 aromatic rings. The predicted octanol–water partition coefficient (Wildman–Crippen LogP) is 3.70. The molecule has 1 aromatic heterocycles. The number of furan rings is 1. The van der Waals surface area contributed by atoms with Crippen LogP contribution in [0.3, 0.4) is 0 Å². The smallest absolute Gasteiger partial charge is 0.355 e. The molecule has 0 radical (unpaired) electrons. The van der Waals surface area contributed by atoms with E-state index in [1.165, 1.54) is 12.3 Å². The third kappa shape index (κ3) is 4.32. The number of rotatable bonds is 7. The molecule has 2 heterocycles. The van der Waals surface area contributed by atoms with Crippen LogP contribution in [-0.4, -0.2) is 20.1 Å². The lowest BCUT2D eigenvalue weighted by Crippen LogP contribution is -2.16. The number of cyclic esters (lactones) is 1. The lowest BCUT2D eigenvalue weighted by Gasteiger charge is -2.09. The number of anilines is 1. The number of carbonyl (C=O) groups excluding carboxylic acids is 1. The first-order chi connectivity index (χ1) is 13.4. The Morgan fingerprint density at radius 3 is 2.57 bits per heavy atom. The first-order valence-corrected chi connectivity index (χ1v) is 10.3. The normalized spacial score (nSPS) is 15.6. The number of unbranched alkanes of at least 4 members (excludes halogenated alkanes) is 1. The van der Waals surface area contributed by atoms with Gasteiger partial charge in [-0.25, -0.2) is 13.2 Å². The first-order valence-electron chi connectivity index (χ1n) is 8.66. The number of allylic oxidation sites excluding steroid dienone is 1. The van der Waals surface area contributed by atoms with E-state index in [-0.39, 0.29) is 17.1 Å². The van der Waals surface area contributed by atoms with E-state index in [0.717, 1.165) is 6.42 Å². The molecule has 3 rings (SSSR count). The van der Waals surface area contributed by atoms with Crippen LogP contribution in [0.25, 0.3) is 11.6 Å². The Bertz CT molecular complexity index is 1070. The summed E-state index contributed by atoms with van der Waals surface area (Å²) in [4.78, 5) is 12.0. The fourth-order valence-electron chi connectivity index (χ4n) is 2.69. The fraction of sp³-hybridized carbons (Fsp3) is 0.200. The average Bonchev–Trinajstić information content (AvgIpc) is 3.28. The summed E-state index contributed by atoms with van der Waals surface area (Å²) in [5.41, 5.74) is 1.18. The van der Waals surface area contributed by atoms with Crippen LogP contribution in [0.1, 0.15) is 31.1 Å². The van der Waals surface area contributed by atoms with Crippen LogP contribution in [0.2, 0.25) is 0 Å². The largest absolute Gasteiger partial charge is 0.465 e. The van der Waals surface area contributed by atoms with Gasteiger partial charge in [-0.2, -0.15) is 5.26 Å². The van der Waals surface area contributed by atoms with Crippen LogP contribution in [0, 0.1) is 11.3 Å². The van der Waals surface area contributed by atoms with Crippen molar-refractivity contribution in [2.75, 3.05) is 10.5 Å². The van der Waals surface area contributed by atoms with Crippen molar-refractivity contribution in [2.24, 2.45) is 0 Å². The highest BCUT2D eigenvalue weighted by molar-refractivity contribution is 7.92. The summed E-state index contributed by atoms with van der Waals surface area (Å²) in [5, 5.41) is 9.35. The van der Waals surface area contributed by atoms with Gasteiger partial charge < -0.3 is 9.15 Å². The molecule has 28 heavy (non-hydrogen) atoms. The van der Waals surface area contributed by atoms with Gasteiger partial charge in [0.25, 0.3) is 0 Å². The number of nitrogens with zero attached hydrogens (tertiary/aromatic N) is 1. The highest BCUT2D eigenvalue weighted by Crippen LogP contribution is 2.36. The van der Waals surface area contributed by atoms with Crippen molar-refractivity contribution in [3.05, 3.63) is 65.3 Å². The van der Waals surface area contributed by atoms with Gasteiger partial charge >= 0.3 is 5.97 Å². The Labute approximate surface area is 163 Å². The monoisotopic (exact) mass is 398 g/mol. The molecular weight excluding hydrogens is 380 g/mol. The van der Waals surface area contributed by atoms with Gasteiger partial charge in [-0.05, 0) is 36.2 Å². The number of esters is 1. The topological polar surface area (TPSA) is 109 Å². The lowest BCUT2D eigenvalue weighted by molar-refractivity contribution is -0.132. The van der Waals surface area contributed by atoms with Crippen LogP contribution in [0.15, 0.2) is 58.4 Å². The number of carbonyl (C=O) groups is 1. The minimum absolute atomic E-state index is 0.0490. The second-order valence-electron chi connectivity index (χ2n) is 6.13. The van der Waals surface area contributed by atoms with Gasteiger partial charge in [-0.15, -0.1) is 0 Å². The van der Waals surface area contributed by atoms with E-state index in [9.17, 15) is 18.5 Å². The van der Waals surface area contributed by atoms with E-state index in [0.29, 0.717) is 29.0 Å². The SMILES string of the molecule is CCCCS(=O)(=O)Nc1ccc(C2=C(C#N)C(=O)O/C2=C\c2ccco2)cc1. The first kappa shape index (κ1) is 19.5. The minimum atomic E-state index is -3.41. The highest BCUT2D eigenvalue weighted by atomic mass is 32.2. The lowest BCUT2D eigenvalue weighted by atomic mass is 9.99. The highest BCUT2D eigenvalue weighted by Gasteiger charge is 2.31. The number of nitrogens with one attached hydrogen (secondary N) is 1. The Kier molecular flexibility index (Phi) is 5.66. The molecular formula is C20H18N2O5S. The molecule has 1 aromatic carbocycles. The molecule has 144 valence electrons. The van der Waals surface area contributed by atoms with Gasteiger partial charge in [0.15, 0.2) is 0 Å². The van der Waals surface area contributed by atoms with Crippen LogP contribution in [0.4, 0.5) is 5.69 Å². The number of sulfonamides is 1. The van der Waals surface area contributed by atoms with E-state index in [1.54, 1.807) is 36.4 Å². The van der Waals surface area contributed by atoms with Gasteiger partial charge in [0.2, 0.25) is 10.0 Å². The van der Waals surface area contributed by atoms with Gasteiger partial charge in [0.1, 0.15) is 23.2 Å². The molecule has 0 saturated heterocycles. The predicted molar refractivity (Wildman–Crippen MR) is 104 cm³/mol. The maximum atomic E-state index is 12.0. The Morgan fingerprint density at radius 1 is 1.21 bits per heavy atom. The molecule has 1 aliphatic heterocycles. The van der Waals surface area contributed by atoms with E-state index >= 15 is 0 Å². The minimum Gasteiger partial charge on any atom is -0.465 e. The summed E-state index contributed by atoms with van der Waals surface area (Å²) in [7, 11) is -3.41. The Hall–Kier alpha value is -3.31. The molecule has 7 nitrogen and oxygen atoms in total. The van der Waals surface area contributed by atoms with Crippen LogP contribution in [0.5, 0.6) is 0 Å². The van der Waals surface area contributed by atoms with Crippen molar-refractivity contribution in [3.8, 4) is 6.07 Å². The summed E-state index contributed by atoms with van der Waals surface area (Å²) in [5.74, 6) is -0.0138. The second kappa shape index (κ2) is 8.15. The zero-order valence-corrected chi connectivity index (χ0v) is 16.0. The number of hydrogen-bond donors (Lipinski definition) is 1. The summed E-state index contributed by atoms with van der Waals surface area (Å²) in [6, 6.07) is 11.7. The fourth-order valence-corrected chi connectivity index (χ4v) is 3.96. The number of ether oxygens (including phenoxy) is 1. The zero-order valence-electron chi connectivity index (χ0n) is 15.1. The summed E-state index contributed by atoms with van der Waals surface area (Å²) in [6.45, 7) is 1.92. The molecule has 0 aliphatic carbocycles. The molecule has 8 heteroatoms. The molecule has 0 fully saturated rings. The van der Waals surface area contributed by atoms with Crippen LogP contribution < -0.4 is 4.72 Å². The Morgan fingerprint density at radius 2 is 1.96 bits per heavy atom. The van der Waals surface area contributed by atoms with Gasteiger partial charge in [-0.3, -0.25) is 4.72 Å². The molecule has 1 N–H and O–H groups in total. The van der Waals surface area contributed by atoms with Crippen LogP contribution >= 0.6 is 0 Å². The van der Waals surface area contributed by atoms with E-state index in [4.69, 9.17) is 9.15 Å². The van der Waals surface area contributed by atoms with Crippen molar-refractivity contribution in [1.82, 2.24) is 0 Å². The van der Waals surface area contributed by atoms with Crippen molar-refractivity contribution < 1.29 is 22.4 Å². The quantitative estimate of drug-likeness (QED) is 0.712. The molecule has 1 aliphatic rings. The zero-order chi connectivity index (χ0) is 20.1. The summed E-state index contributed by atoms with van der Waals surface area (Å²) >= 11 is 0. The average molecular weight is 398 g/mol. The molecule has 0 bridgehead atoms. The summed E-state index contributed by atoms with van der Waals surface area (Å²) in [6.07, 6.45) is 4.37. The maximum Gasteiger partial charge on any atom is 0.355 e. The van der Waals surface area contributed by atoms with Gasteiger partial charge in [-0.1, -0.05) is 25.5 Å².